The maximum atomic E-state index is 11.7. The number of hydrogen-bond acceptors (Lipinski definition) is 4. The van der Waals surface area contributed by atoms with Crippen molar-refractivity contribution in [2.24, 2.45) is 0 Å². The van der Waals surface area contributed by atoms with E-state index in [9.17, 15) is 4.79 Å². The van der Waals surface area contributed by atoms with Crippen LogP contribution in [-0.4, -0.2) is 26.2 Å². The summed E-state index contributed by atoms with van der Waals surface area (Å²) in [7, 11) is 1.41. The average molecular weight is 296 g/mol. The van der Waals surface area contributed by atoms with Crippen molar-refractivity contribution in [3.63, 3.8) is 0 Å². The molecule has 0 aromatic heterocycles. The van der Waals surface area contributed by atoms with Crippen molar-refractivity contribution in [1.29, 1.82) is 0 Å². The average Bonchev–Trinajstić information content (AvgIpc) is 2.77. The second-order valence-electron chi connectivity index (χ2n) is 5.42. The van der Waals surface area contributed by atoms with Crippen molar-refractivity contribution in [3.05, 3.63) is 65.2 Å². The molecule has 4 nitrogen and oxygen atoms in total. The van der Waals surface area contributed by atoms with Crippen molar-refractivity contribution < 1.29 is 9.53 Å². The quantitative estimate of drug-likeness (QED) is 0.884. The summed E-state index contributed by atoms with van der Waals surface area (Å²) in [4.78, 5) is 14.0. The number of carbonyl (C=O) groups is 1. The zero-order valence-corrected chi connectivity index (χ0v) is 12.7. The van der Waals surface area contributed by atoms with E-state index in [2.05, 4.69) is 34.5 Å². The molecule has 114 valence electrons. The monoisotopic (exact) mass is 296 g/mol. The lowest BCUT2D eigenvalue weighted by Crippen LogP contribution is -2.28. The van der Waals surface area contributed by atoms with Crippen molar-refractivity contribution in [1.82, 2.24) is 5.32 Å². The van der Waals surface area contributed by atoms with Crippen molar-refractivity contribution in [3.8, 4) is 0 Å². The van der Waals surface area contributed by atoms with E-state index in [1.165, 1.54) is 18.4 Å². The van der Waals surface area contributed by atoms with Crippen LogP contribution in [0.5, 0.6) is 0 Å². The molecular formula is C18H20N2O2. The van der Waals surface area contributed by atoms with Crippen molar-refractivity contribution in [2.45, 2.75) is 13.1 Å². The summed E-state index contributed by atoms with van der Waals surface area (Å²) >= 11 is 0. The molecule has 0 fully saturated rings. The minimum Gasteiger partial charge on any atom is -0.465 e. The van der Waals surface area contributed by atoms with Crippen LogP contribution in [-0.2, 0) is 17.8 Å². The van der Waals surface area contributed by atoms with Gasteiger partial charge in [0, 0.05) is 31.9 Å². The van der Waals surface area contributed by atoms with E-state index in [4.69, 9.17) is 4.74 Å². The Morgan fingerprint density at radius 2 is 2.09 bits per heavy atom. The molecule has 0 amide bonds. The third kappa shape index (κ3) is 3.12. The Morgan fingerprint density at radius 3 is 2.95 bits per heavy atom. The van der Waals surface area contributed by atoms with Gasteiger partial charge in [0.2, 0.25) is 0 Å². The highest BCUT2D eigenvalue weighted by Crippen LogP contribution is 2.24. The summed E-state index contributed by atoms with van der Waals surface area (Å²) in [6.45, 7) is 3.57. The summed E-state index contributed by atoms with van der Waals surface area (Å²) in [6.07, 6.45) is 0. The molecule has 0 spiro atoms. The van der Waals surface area contributed by atoms with E-state index in [1.807, 2.05) is 18.2 Å². The van der Waals surface area contributed by atoms with Crippen LogP contribution in [0.15, 0.2) is 48.5 Å². The molecule has 0 saturated heterocycles. The first-order valence-corrected chi connectivity index (χ1v) is 7.49. The molecule has 0 radical (unpaired) electrons. The lowest BCUT2D eigenvalue weighted by molar-refractivity contribution is 0.0600. The predicted molar refractivity (Wildman–Crippen MR) is 87.0 cm³/mol. The number of esters is 1. The fourth-order valence-corrected chi connectivity index (χ4v) is 2.83. The van der Waals surface area contributed by atoms with Gasteiger partial charge in [-0.25, -0.2) is 4.79 Å². The third-order valence-corrected chi connectivity index (χ3v) is 3.93. The van der Waals surface area contributed by atoms with Gasteiger partial charge in [0.25, 0.3) is 0 Å². The van der Waals surface area contributed by atoms with Gasteiger partial charge in [0.05, 0.1) is 12.7 Å². The fourth-order valence-electron chi connectivity index (χ4n) is 2.83. The van der Waals surface area contributed by atoms with Crippen LogP contribution in [0, 0.1) is 0 Å². The van der Waals surface area contributed by atoms with E-state index in [1.54, 1.807) is 6.07 Å². The Balaban J connectivity index is 1.85. The van der Waals surface area contributed by atoms with Crippen LogP contribution in [0.25, 0.3) is 0 Å². The highest BCUT2D eigenvalue weighted by Gasteiger charge is 2.15. The molecule has 3 rings (SSSR count). The number of para-hydroxylation sites is 1. The van der Waals surface area contributed by atoms with Gasteiger partial charge >= 0.3 is 5.97 Å². The molecule has 0 atom stereocenters. The second-order valence-corrected chi connectivity index (χ2v) is 5.42. The summed E-state index contributed by atoms with van der Waals surface area (Å²) < 4.78 is 4.79. The Bertz CT molecular complexity index is 670. The van der Waals surface area contributed by atoms with Crippen molar-refractivity contribution in [2.75, 3.05) is 25.1 Å². The number of nitrogens with one attached hydrogen (secondary N) is 1. The van der Waals surface area contributed by atoms with Gasteiger partial charge < -0.3 is 15.0 Å². The van der Waals surface area contributed by atoms with Crippen LogP contribution >= 0.6 is 0 Å². The number of hydrogen-bond donors (Lipinski definition) is 1. The predicted octanol–water partition coefficient (Wildman–Crippen LogP) is 2.58. The fraction of sp³-hybridized carbons (Fsp3) is 0.278. The molecule has 1 aliphatic rings. The summed E-state index contributed by atoms with van der Waals surface area (Å²) in [5, 5.41) is 3.44. The molecule has 1 aliphatic heterocycles. The minimum atomic E-state index is -0.292. The van der Waals surface area contributed by atoms with Gasteiger partial charge in [-0.1, -0.05) is 30.3 Å². The number of ether oxygens (including phenoxy) is 1. The number of anilines is 1. The summed E-state index contributed by atoms with van der Waals surface area (Å²) in [6, 6.07) is 16.1. The largest absolute Gasteiger partial charge is 0.465 e. The number of benzene rings is 2. The highest BCUT2D eigenvalue weighted by molar-refractivity contribution is 5.89. The third-order valence-electron chi connectivity index (χ3n) is 3.93. The van der Waals surface area contributed by atoms with Crippen molar-refractivity contribution >= 4 is 11.7 Å². The van der Waals surface area contributed by atoms with Gasteiger partial charge in [-0.3, -0.25) is 0 Å². The van der Waals surface area contributed by atoms with E-state index >= 15 is 0 Å². The summed E-state index contributed by atoms with van der Waals surface area (Å²) in [5.74, 6) is -0.292. The number of carbonyl (C=O) groups excluding carboxylic acids is 1. The first-order chi connectivity index (χ1) is 10.8. The first kappa shape index (κ1) is 14.6. The molecule has 0 unspecified atom stereocenters. The first-order valence-electron chi connectivity index (χ1n) is 7.49. The van der Waals surface area contributed by atoms with Gasteiger partial charge in [0.15, 0.2) is 0 Å². The molecule has 1 heterocycles. The number of rotatable bonds is 3. The second kappa shape index (κ2) is 6.62. The van der Waals surface area contributed by atoms with Crippen LogP contribution in [0.4, 0.5) is 5.69 Å². The molecule has 0 bridgehead atoms. The van der Waals surface area contributed by atoms with Crippen LogP contribution < -0.4 is 10.2 Å². The van der Waals surface area contributed by atoms with Gasteiger partial charge in [-0.2, -0.15) is 0 Å². The van der Waals surface area contributed by atoms with E-state index in [0.29, 0.717) is 5.56 Å². The Hall–Kier alpha value is -2.33. The minimum absolute atomic E-state index is 0.292. The van der Waals surface area contributed by atoms with Crippen LogP contribution in [0.2, 0.25) is 0 Å². The zero-order valence-electron chi connectivity index (χ0n) is 12.7. The molecule has 0 saturated carbocycles. The highest BCUT2D eigenvalue weighted by atomic mass is 16.5. The van der Waals surface area contributed by atoms with E-state index < -0.39 is 0 Å². The molecule has 0 aliphatic carbocycles. The van der Waals surface area contributed by atoms with Gasteiger partial charge in [-0.15, -0.1) is 0 Å². The zero-order chi connectivity index (χ0) is 15.4. The van der Waals surface area contributed by atoms with Crippen LogP contribution in [0.1, 0.15) is 21.5 Å². The molecule has 1 N–H and O–H groups in total. The Morgan fingerprint density at radius 1 is 1.23 bits per heavy atom. The van der Waals surface area contributed by atoms with Crippen LogP contribution in [0.3, 0.4) is 0 Å². The standard InChI is InChI=1S/C18H20N2O2/c1-22-18(21)15-7-4-5-14(11-15)13-20-10-9-19-12-16-6-2-3-8-17(16)20/h2-8,11,19H,9-10,12-13H2,1H3. The van der Waals surface area contributed by atoms with Gasteiger partial charge in [-0.05, 0) is 29.3 Å². The molecule has 2 aromatic rings. The topological polar surface area (TPSA) is 41.6 Å². The maximum Gasteiger partial charge on any atom is 0.337 e. The Kier molecular flexibility index (Phi) is 4.39. The van der Waals surface area contributed by atoms with E-state index in [0.717, 1.165) is 31.7 Å². The van der Waals surface area contributed by atoms with E-state index in [-0.39, 0.29) is 5.97 Å². The lowest BCUT2D eigenvalue weighted by atomic mass is 10.1. The molecular weight excluding hydrogens is 276 g/mol. The molecule has 2 aromatic carbocycles. The summed E-state index contributed by atoms with van der Waals surface area (Å²) in [5.41, 5.74) is 4.28. The maximum absolute atomic E-state index is 11.7. The number of methoxy groups -OCH3 is 1. The SMILES string of the molecule is COC(=O)c1cccc(CN2CCNCc3ccccc32)c1. The smallest absolute Gasteiger partial charge is 0.337 e. The normalized spacial score (nSPS) is 14.1. The lowest BCUT2D eigenvalue weighted by Gasteiger charge is -2.24. The molecule has 22 heavy (non-hydrogen) atoms. The number of fused-ring (bicyclic) bond motifs is 1. The number of nitrogens with zero attached hydrogens (tertiary/aromatic N) is 1. The van der Waals surface area contributed by atoms with Gasteiger partial charge in [0.1, 0.15) is 0 Å². The Labute approximate surface area is 130 Å². The molecule has 4 heteroatoms.